The summed E-state index contributed by atoms with van der Waals surface area (Å²) in [6.45, 7) is 0.120. The highest BCUT2D eigenvalue weighted by atomic mass is 79.9. The number of methoxy groups -OCH3 is 1. The first kappa shape index (κ1) is 15.3. The van der Waals surface area contributed by atoms with Crippen LogP contribution in [0.5, 0.6) is 11.5 Å². The standard InChI is InChI=1S/C14H10Br2F2O2/c1-19-12-3-2-8(4-10(12)16)7-20-13-6-9(15)5-11(17)14(13)18/h2-6H,7H2,1H3. The molecule has 0 spiro atoms. The molecule has 2 aromatic rings. The minimum Gasteiger partial charge on any atom is -0.496 e. The molecule has 0 aliphatic rings. The Morgan fingerprint density at radius 3 is 2.45 bits per heavy atom. The molecule has 2 nitrogen and oxygen atoms in total. The number of hydrogen-bond acceptors (Lipinski definition) is 2. The molecule has 2 aromatic carbocycles. The number of benzene rings is 2. The summed E-state index contributed by atoms with van der Waals surface area (Å²) in [4.78, 5) is 0. The van der Waals surface area contributed by atoms with Crippen LogP contribution in [0.1, 0.15) is 5.56 Å². The minimum absolute atomic E-state index is 0.120. The van der Waals surface area contributed by atoms with E-state index in [1.165, 1.54) is 6.07 Å². The van der Waals surface area contributed by atoms with Gasteiger partial charge >= 0.3 is 0 Å². The lowest BCUT2D eigenvalue weighted by Gasteiger charge is -2.10. The molecule has 2 rings (SSSR count). The smallest absolute Gasteiger partial charge is 0.200 e. The van der Waals surface area contributed by atoms with Gasteiger partial charge in [-0.1, -0.05) is 22.0 Å². The summed E-state index contributed by atoms with van der Waals surface area (Å²) < 4.78 is 38.4. The van der Waals surface area contributed by atoms with Crippen LogP contribution in [0.15, 0.2) is 39.3 Å². The lowest BCUT2D eigenvalue weighted by Crippen LogP contribution is -1.99. The average molecular weight is 408 g/mol. The molecule has 0 atom stereocenters. The maximum absolute atomic E-state index is 13.5. The lowest BCUT2D eigenvalue weighted by atomic mass is 10.2. The molecule has 0 unspecified atom stereocenters. The van der Waals surface area contributed by atoms with Gasteiger partial charge in [0.15, 0.2) is 11.6 Å². The van der Waals surface area contributed by atoms with Crippen LogP contribution >= 0.6 is 31.9 Å². The first-order valence-electron chi connectivity index (χ1n) is 5.61. The van der Waals surface area contributed by atoms with Crippen LogP contribution in [-0.4, -0.2) is 7.11 Å². The largest absolute Gasteiger partial charge is 0.496 e. The van der Waals surface area contributed by atoms with Crippen molar-refractivity contribution in [3.05, 3.63) is 56.5 Å². The molecule has 0 amide bonds. The maximum Gasteiger partial charge on any atom is 0.200 e. The second-order valence-electron chi connectivity index (χ2n) is 3.96. The molecule has 0 aromatic heterocycles. The van der Waals surface area contributed by atoms with Gasteiger partial charge in [0.05, 0.1) is 11.6 Å². The Morgan fingerprint density at radius 1 is 1.05 bits per heavy atom. The third-order valence-corrected chi connectivity index (χ3v) is 3.65. The van der Waals surface area contributed by atoms with Crippen LogP contribution in [0, 0.1) is 11.6 Å². The Bertz CT molecular complexity index is 633. The van der Waals surface area contributed by atoms with E-state index in [4.69, 9.17) is 9.47 Å². The molecule has 0 saturated carbocycles. The molecule has 106 valence electrons. The molecule has 0 aliphatic carbocycles. The molecule has 0 heterocycles. The topological polar surface area (TPSA) is 18.5 Å². The van der Waals surface area contributed by atoms with Crippen molar-refractivity contribution in [1.82, 2.24) is 0 Å². The quantitative estimate of drug-likeness (QED) is 0.658. The maximum atomic E-state index is 13.5. The molecule has 0 radical (unpaired) electrons. The number of ether oxygens (including phenoxy) is 2. The lowest BCUT2D eigenvalue weighted by molar-refractivity contribution is 0.284. The van der Waals surface area contributed by atoms with Crippen molar-refractivity contribution in [3.63, 3.8) is 0 Å². The van der Waals surface area contributed by atoms with Gasteiger partial charge in [-0.3, -0.25) is 0 Å². The molecule has 0 saturated heterocycles. The van der Waals surface area contributed by atoms with Crippen LogP contribution in [0.2, 0.25) is 0 Å². The molecule has 0 fully saturated rings. The Labute approximate surface area is 132 Å². The summed E-state index contributed by atoms with van der Waals surface area (Å²) >= 11 is 6.44. The molecule has 6 heteroatoms. The molecule has 0 bridgehead atoms. The van der Waals surface area contributed by atoms with E-state index in [1.54, 1.807) is 25.3 Å². The fourth-order valence-corrected chi connectivity index (χ4v) is 2.60. The third-order valence-electron chi connectivity index (χ3n) is 2.57. The van der Waals surface area contributed by atoms with Crippen molar-refractivity contribution in [2.75, 3.05) is 7.11 Å². The molecule has 0 aliphatic heterocycles. The Morgan fingerprint density at radius 2 is 1.80 bits per heavy atom. The summed E-state index contributed by atoms with van der Waals surface area (Å²) in [6.07, 6.45) is 0. The van der Waals surface area contributed by atoms with Gasteiger partial charge in [0.1, 0.15) is 12.4 Å². The first-order chi connectivity index (χ1) is 9.51. The second-order valence-corrected chi connectivity index (χ2v) is 5.73. The average Bonchev–Trinajstić information content (AvgIpc) is 2.41. The first-order valence-corrected chi connectivity index (χ1v) is 7.19. The summed E-state index contributed by atoms with van der Waals surface area (Å²) in [7, 11) is 1.57. The molecular weight excluding hydrogens is 398 g/mol. The highest BCUT2D eigenvalue weighted by Crippen LogP contribution is 2.28. The second kappa shape index (κ2) is 6.54. The summed E-state index contributed by atoms with van der Waals surface area (Å²) in [5.74, 6) is -1.40. The van der Waals surface area contributed by atoms with Crippen LogP contribution in [0.25, 0.3) is 0 Å². The van der Waals surface area contributed by atoms with Gasteiger partial charge in [-0.15, -0.1) is 0 Å². The summed E-state index contributed by atoms with van der Waals surface area (Å²) in [5.41, 5.74) is 0.803. The summed E-state index contributed by atoms with van der Waals surface area (Å²) in [5, 5.41) is 0. The Hall–Kier alpha value is -1.14. The van der Waals surface area contributed by atoms with Crippen LogP contribution in [0.3, 0.4) is 0 Å². The normalized spacial score (nSPS) is 10.4. The Kier molecular flexibility index (Phi) is 4.99. The van der Waals surface area contributed by atoms with Crippen molar-refractivity contribution < 1.29 is 18.3 Å². The van der Waals surface area contributed by atoms with Gasteiger partial charge in [0, 0.05) is 4.47 Å². The predicted molar refractivity (Wildman–Crippen MR) is 79.1 cm³/mol. The van der Waals surface area contributed by atoms with E-state index in [1.807, 2.05) is 0 Å². The zero-order chi connectivity index (χ0) is 14.7. The SMILES string of the molecule is COc1ccc(COc2cc(Br)cc(F)c2F)cc1Br. The van der Waals surface area contributed by atoms with Crippen molar-refractivity contribution >= 4 is 31.9 Å². The fourth-order valence-electron chi connectivity index (χ4n) is 1.60. The number of hydrogen-bond donors (Lipinski definition) is 0. The van der Waals surface area contributed by atoms with Gasteiger partial charge in [-0.25, -0.2) is 4.39 Å². The molecule has 20 heavy (non-hydrogen) atoms. The Balaban J connectivity index is 2.15. The van der Waals surface area contributed by atoms with Gasteiger partial charge < -0.3 is 9.47 Å². The van der Waals surface area contributed by atoms with Gasteiger partial charge in [0.25, 0.3) is 0 Å². The number of rotatable bonds is 4. The van der Waals surface area contributed by atoms with E-state index in [9.17, 15) is 8.78 Å². The summed E-state index contributed by atoms with van der Waals surface area (Å²) in [6, 6.07) is 7.78. The van der Waals surface area contributed by atoms with Crippen LogP contribution in [-0.2, 0) is 6.61 Å². The minimum atomic E-state index is -0.999. The highest BCUT2D eigenvalue weighted by molar-refractivity contribution is 9.10. The monoisotopic (exact) mass is 406 g/mol. The molecular formula is C14H10Br2F2O2. The zero-order valence-electron chi connectivity index (χ0n) is 10.4. The van der Waals surface area contributed by atoms with Gasteiger partial charge in [-0.2, -0.15) is 4.39 Å². The van der Waals surface area contributed by atoms with Crippen molar-refractivity contribution in [2.24, 2.45) is 0 Å². The van der Waals surface area contributed by atoms with Gasteiger partial charge in [0.2, 0.25) is 5.82 Å². The van der Waals surface area contributed by atoms with Crippen LogP contribution < -0.4 is 9.47 Å². The van der Waals surface area contributed by atoms with E-state index in [-0.39, 0.29) is 12.4 Å². The highest BCUT2D eigenvalue weighted by Gasteiger charge is 2.11. The molecule has 0 N–H and O–H groups in total. The van der Waals surface area contributed by atoms with Crippen molar-refractivity contribution in [3.8, 4) is 11.5 Å². The number of halogens is 4. The van der Waals surface area contributed by atoms with E-state index in [0.29, 0.717) is 10.2 Å². The fraction of sp³-hybridized carbons (Fsp3) is 0.143. The van der Waals surface area contributed by atoms with E-state index in [0.717, 1.165) is 16.1 Å². The van der Waals surface area contributed by atoms with E-state index < -0.39 is 11.6 Å². The van der Waals surface area contributed by atoms with Crippen molar-refractivity contribution in [2.45, 2.75) is 6.61 Å². The van der Waals surface area contributed by atoms with Crippen LogP contribution in [0.4, 0.5) is 8.78 Å². The van der Waals surface area contributed by atoms with Crippen molar-refractivity contribution in [1.29, 1.82) is 0 Å². The van der Waals surface area contributed by atoms with Gasteiger partial charge in [-0.05, 0) is 45.8 Å². The predicted octanol–water partition coefficient (Wildman–Crippen LogP) is 5.08. The van der Waals surface area contributed by atoms with E-state index >= 15 is 0 Å². The van der Waals surface area contributed by atoms with E-state index in [2.05, 4.69) is 31.9 Å². The third kappa shape index (κ3) is 3.49. The zero-order valence-corrected chi connectivity index (χ0v) is 13.6.